The van der Waals surface area contributed by atoms with Crippen LogP contribution in [0.25, 0.3) is 0 Å². The molecule has 2 atom stereocenters. The lowest BCUT2D eigenvalue weighted by molar-refractivity contribution is 0.225. The number of allylic oxidation sites excluding steroid dienone is 2. The van der Waals surface area contributed by atoms with Crippen LogP contribution in [0.1, 0.15) is 37.7 Å². The molecule has 12 heavy (non-hydrogen) atoms. The topological polar surface area (TPSA) is 23.8 Å². The van der Waals surface area contributed by atoms with Gasteiger partial charge in [0, 0.05) is 4.11 Å². The molecular weight excluding hydrogens is 146 g/mol. The molecule has 0 aliphatic heterocycles. The van der Waals surface area contributed by atoms with Crippen molar-refractivity contribution in [2.45, 2.75) is 33.6 Å². The van der Waals surface area contributed by atoms with Crippen LogP contribution in [0.3, 0.4) is 0 Å². The molecule has 0 N–H and O–H groups in total. The first kappa shape index (κ1) is 5.80. The van der Waals surface area contributed by atoms with Gasteiger partial charge in [-0.05, 0) is 24.1 Å². The Bertz CT molecular complexity index is 322. The molecule has 1 nitrogen and oxygen atoms in total. The molecule has 66 valence electrons. The Morgan fingerprint density at radius 3 is 2.83 bits per heavy atom. The number of nitrogens with zero attached hydrogens (tertiary/aromatic N) is 1. The molecular formula is C11H17N. The Morgan fingerprint density at radius 2 is 2.33 bits per heavy atom. The van der Waals surface area contributed by atoms with E-state index in [4.69, 9.17) is 9.37 Å². The molecule has 1 aliphatic rings. The van der Waals surface area contributed by atoms with Crippen LogP contribution in [0.5, 0.6) is 0 Å². The van der Waals surface area contributed by atoms with Gasteiger partial charge in [0.2, 0.25) is 0 Å². The highest BCUT2D eigenvalue weighted by atomic mass is 14.4. The quantitative estimate of drug-likeness (QED) is 0.507. The molecule has 0 amide bonds. The van der Waals surface area contributed by atoms with Gasteiger partial charge in [0.25, 0.3) is 0 Å². The van der Waals surface area contributed by atoms with Gasteiger partial charge in [0.1, 0.15) is 0 Å². The maximum atomic E-state index is 9.05. The first-order chi connectivity index (χ1) is 6.62. The van der Waals surface area contributed by atoms with Crippen molar-refractivity contribution < 1.29 is 4.11 Å². The molecule has 0 aromatic carbocycles. The normalized spacial score (nSPS) is 43.8. The Morgan fingerprint density at radius 1 is 1.67 bits per heavy atom. The van der Waals surface area contributed by atoms with Crippen molar-refractivity contribution in [2.75, 3.05) is 0 Å². The van der Waals surface area contributed by atoms with Crippen LogP contribution in [-0.4, -0.2) is 0 Å². The van der Waals surface area contributed by atoms with Gasteiger partial charge in [0.15, 0.2) is 0 Å². The van der Waals surface area contributed by atoms with Gasteiger partial charge in [-0.25, -0.2) is 0 Å². The van der Waals surface area contributed by atoms with E-state index in [1.54, 1.807) is 6.08 Å². The summed E-state index contributed by atoms with van der Waals surface area (Å²) in [5.41, 5.74) is -0.361. The maximum Gasteiger partial charge on any atom is 0.0662 e. The van der Waals surface area contributed by atoms with E-state index in [9.17, 15) is 0 Å². The summed E-state index contributed by atoms with van der Waals surface area (Å²) in [6, 6.07) is 2.08. The zero-order valence-electron chi connectivity index (χ0n) is 10.9. The molecule has 0 aromatic rings. The average Bonchev–Trinajstić information content (AvgIpc) is 2.07. The van der Waals surface area contributed by atoms with Gasteiger partial charge < -0.3 is 0 Å². The van der Waals surface area contributed by atoms with Crippen molar-refractivity contribution in [3.63, 3.8) is 0 Å². The third kappa shape index (κ3) is 1.88. The molecule has 0 saturated heterocycles. The predicted molar refractivity (Wildman–Crippen MR) is 50.4 cm³/mol. The molecule has 1 aliphatic carbocycles. The first-order valence-electron chi connectivity index (χ1n) is 5.72. The van der Waals surface area contributed by atoms with Gasteiger partial charge in [0.05, 0.1) is 12.0 Å². The summed E-state index contributed by atoms with van der Waals surface area (Å²) in [5.74, 6) is -1.58. The van der Waals surface area contributed by atoms with Crippen LogP contribution >= 0.6 is 0 Å². The molecule has 0 saturated carbocycles. The lowest BCUT2D eigenvalue weighted by atomic mass is 9.70. The van der Waals surface area contributed by atoms with Gasteiger partial charge in [-0.3, -0.25) is 0 Å². The summed E-state index contributed by atoms with van der Waals surface area (Å²) in [7, 11) is 0. The predicted octanol–water partition coefficient (Wildman–Crippen LogP) is 3.14. The molecule has 0 fully saturated rings. The lowest BCUT2D eigenvalue weighted by Gasteiger charge is -2.33. The maximum absolute atomic E-state index is 9.05. The van der Waals surface area contributed by atoms with Crippen LogP contribution in [-0.2, 0) is 0 Å². The van der Waals surface area contributed by atoms with Gasteiger partial charge in [-0.15, -0.1) is 0 Å². The first-order valence-corrected chi connectivity index (χ1v) is 4.22. The summed E-state index contributed by atoms with van der Waals surface area (Å²) in [4.78, 5) is 0. The van der Waals surface area contributed by atoms with E-state index in [0.717, 1.165) is 0 Å². The Hall–Kier alpha value is -0.770. The molecule has 2 unspecified atom stereocenters. The van der Waals surface area contributed by atoms with Crippen molar-refractivity contribution in [1.82, 2.24) is 0 Å². The highest BCUT2D eigenvalue weighted by Gasteiger charge is 2.31. The molecule has 0 bridgehead atoms. The van der Waals surface area contributed by atoms with Crippen molar-refractivity contribution in [3.05, 3.63) is 12.2 Å². The van der Waals surface area contributed by atoms with E-state index in [1.165, 1.54) is 6.08 Å². The van der Waals surface area contributed by atoms with E-state index < -0.39 is 18.2 Å². The molecule has 0 heterocycles. The Kier molecular flexibility index (Phi) is 1.60. The minimum Gasteiger partial charge on any atom is -0.198 e. The number of rotatable bonds is 0. The van der Waals surface area contributed by atoms with Crippen LogP contribution in [0, 0.1) is 28.6 Å². The average molecular weight is 166 g/mol. The van der Waals surface area contributed by atoms with E-state index >= 15 is 0 Å². The second-order valence-corrected chi connectivity index (χ2v) is 4.13. The highest BCUT2D eigenvalue weighted by Crippen LogP contribution is 2.37. The summed E-state index contributed by atoms with van der Waals surface area (Å²) in [6.45, 7) is 5.74. The fourth-order valence-corrected chi connectivity index (χ4v) is 1.45. The highest BCUT2D eigenvalue weighted by molar-refractivity contribution is 5.07. The van der Waals surface area contributed by atoms with Crippen molar-refractivity contribution in [3.8, 4) is 6.07 Å². The summed E-state index contributed by atoms with van der Waals surface area (Å²) < 4.78 is 23.5. The van der Waals surface area contributed by atoms with Crippen LogP contribution in [0.4, 0.5) is 0 Å². The third-order valence-electron chi connectivity index (χ3n) is 2.10. The minimum atomic E-state index is -1.45. The fraction of sp³-hybridized carbons (Fsp3) is 0.727. The summed E-state index contributed by atoms with van der Waals surface area (Å²) in [5, 5.41) is 9.05. The monoisotopic (exact) mass is 166 g/mol. The minimum absolute atomic E-state index is 0.112. The largest absolute Gasteiger partial charge is 0.198 e. The molecule has 0 spiro atoms. The molecule has 1 rings (SSSR count). The molecule has 0 radical (unpaired) electrons. The number of hydrogen-bond donors (Lipinski definition) is 0. The van der Waals surface area contributed by atoms with E-state index in [2.05, 4.69) is 6.07 Å². The second kappa shape index (κ2) is 3.31. The Balaban J connectivity index is 3.17. The SMILES string of the molecule is [2H]C1([2H])C=CC([2H])(C(C)(C)C)C(C#N)C1. The van der Waals surface area contributed by atoms with Crippen LogP contribution < -0.4 is 0 Å². The van der Waals surface area contributed by atoms with E-state index in [0.29, 0.717) is 0 Å². The van der Waals surface area contributed by atoms with Crippen molar-refractivity contribution in [1.29, 1.82) is 5.26 Å². The van der Waals surface area contributed by atoms with Crippen molar-refractivity contribution >= 4 is 0 Å². The summed E-state index contributed by atoms with van der Waals surface area (Å²) >= 11 is 0. The van der Waals surface area contributed by atoms with E-state index in [1.807, 2.05) is 20.8 Å². The van der Waals surface area contributed by atoms with Gasteiger partial charge >= 0.3 is 0 Å². The smallest absolute Gasteiger partial charge is 0.0662 e. The zero-order valence-corrected chi connectivity index (χ0v) is 7.89. The number of nitriles is 1. The molecule has 1 heteroatoms. The fourth-order valence-electron chi connectivity index (χ4n) is 1.45. The molecule has 0 aromatic heterocycles. The van der Waals surface area contributed by atoms with Crippen LogP contribution in [0.2, 0.25) is 0 Å². The third-order valence-corrected chi connectivity index (χ3v) is 2.10. The standard InChI is InChI=1S/C11H17N/c1-11(2,3)10-7-5-4-6-9(10)8-12/h5,7,9-10H,4,6H2,1-3H3/i4D2,10D. The van der Waals surface area contributed by atoms with Crippen molar-refractivity contribution in [2.24, 2.45) is 17.2 Å². The number of hydrogen-bond acceptors (Lipinski definition) is 1. The van der Waals surface area contributed by atoms with Gasteiger partial charge in [-0.1, -0.05) is 32.9 Å². The zero-order chi connectivity index (χ0) is 11.9. The summed E-state index contributed by atoms with van der Waals surface area (Å²) in [6.07, 6.45) is 1.65. The lowest BCUT2D eigenvalue weighted by Crippen LogP contribution is -2.27. The van der Waals surface area contributed by atoms with Gasteiger partial charge in [-0.2, -0.15) is 5.26 Å². The second-order valence-electron chi connectivity index (χ2n) is 4.13. The van der Waals surface area contributed by atoms with Crippen LogP contribution in [0.15, 0.2) is 12.2 Å². The Labute approximate surface area is 79.3 Å². The van der Waals surface area contributed by atoms with E-state index in [-0.39, 0.29) is 11.8 Å².